The van der Waals surface area contributed by atoms with Crippen molar-refractivity contribution in [2.45, 2.75) is 48.8 Å². The molecule has 0 saturated carbocycles. The van der Waals surface area contributed by atoms with Gasteiger partial charge in [0.25, 0.3) is 0 Å². The summed E-state index contributed by atoms with van der Waals surface area (Å²) in [6.07, 6.45) is 5.39. The van der Waals surface area contributed by atoms with Crippen LogP contribution in [0.5, 0.6) is 0 Å². The Morgan fingerprint density at radius 2 is 0.694 bits per heavy atom. The summed E-state index contributed by atoms with van der Waals surface area (Å²) in [5.41, 5.74) is 22.4. The maximum absolute atomic E-state index is 3.18. The van der Waals surface area contributed by atoms with Gasteiger partial charge in [-0.2, -0.15) is 0 Å². The second-order valence-corrected chi connectivity index (χ2v) is 30.7. The predicted molar refractivity (Wildman–Crippen MR) is 309 cm³/mol. The number of rotatable bonds is 7. The molecule has 0 bridgehead atoms. The predicted octanol–water partition coefficient (Wildman–Crippen LogP) is 16.4. The summed E-state index contributed by atoms with van der Waals surface area (Å²) in [6.45, 7) is 15.0. The van der Waals surface area contributed by atoms with Gasteiger partial charge in [-0.15, -0.1) is 0 Å². The Labute approximate surface area is 436 Å². The average molecular weight is 1020 g/mol. The van der Waals surface area contributed by atoms with Gasteiger partial charge in [-0.3, -0.25) is 0 Å². The van der Waals surface area contributed by atoms with E-state index in [4.69, 9.17) is 0 Å². The van der Waals surface area contributed by atoms with Crippen LogP contribution in [0, 0.1) is 10.8 Å². The monoisotopic (exact) mass is 1020 g/mol. The van der Waals surface area contributed by atoms with Gasteiger partial charge in [-0.05, 0) is 0 Å². The SMILES string of the molecule is CC(C)(C)C1=Cc2c(-c3ccccc3-c3cccc4ccccc34)cccc2[CH]1[Zr]([c]1cccc2c1[SiH2]c1ccccc1-2)[CH]1C(C(C)(C)C)=Cc2c(-c3ccccc3-c3cccc4ccccc34)cccc21. The fourth-order valence-electron chi connectivity index (χ4n) is 13.0. The Bertz CT molecular complexity index is 3670. The van der Waals surface area contributed by atoms with Crippen LogP contribution in [0.4, 0.5) is 0 Å². The zero-order valence-electron chi connectivity index (χ0n) is 42.2. The van der Waals surface area contributed by atoms with E-state index in [1.807, 2.05) is 0 Å². The van der Waals surface area contributed by atoms with Crippen LogP contribution in [0.1, 0.15) is 71.0 Å². The van der Waals surface area contributed by atoms with Crippen molar-refractivity contribution < 1.29 is 21.8 Å². The zero-order chi connectivity index (χ0) is 48.9. The van der Waals surface area contributed by atoms with Crippen LogP contribution < -0.4 is 13.6 Å². The zero-order valence-corrected chi connectivity index (χ0v) is 46.1. The fourth-order valence-corrected chi connectivity index (χ4v) is 28.1. The molecule has 10 aromatic rings. The van der Waals surface area contributed by atoms with Crippen LogP contribution in [0.2, 0.25) is 0 Å². The van der Waals surface area contributed by atoms with Crippen LogP contribution in [-0.2, 0) is 21.8 Å². The molecule has 0 N–H and O–H groups in total. The van der Waals surface area contributed by atoms with Crippen LogP contribution in [-0.4, -0.2) is 9.52 Å². The van der Waals surface area contributed by atoms with Gasteiger partial charge in [0.2, 0.25) is 0 Å². The first-order chi connectivity index (χ1) is 35.0. The molecule has 3 aliphatic rings. The average Bonchev–Trinajstić information content (AvgIpc) is 4.12. The van der Waals surface area contributed by atoms with E-state index in [-0.39, 0.29) is 10.8 Å². The van der Waals surface area contributed by atoms with Gasteiger partial charge < -0.3 is 0 Å². The van der Waals surface area contributed by atoms with Crippen LogP contribution >= 0.6 is 0 Å². The number of allylic oxidation sites excluding steroid dienone is 2. The molecule has 2 unspecified atom stereocenters. The Hall–Kier alpha value is -6.70. The third-order valence-electron chi connectivity index (χ3n) is 16.2. The molecule has 2 aliphatic carbocycles. The van der Waals surface area contributed by atoms with E-state index < -0.39 is 31.3 Å². The Balaban J connectivity index is 1.06. The van der Waals surface area contributed by atoms with Crippen molar-refractivity contribution in [1.29, 1.82) is 0 Å². The first-order valence-electron chi connectivity index (χ1n) is 26.0. The Morgan fingerprint density at radius 3 is 1.19 bits per heavy atom. The molecule has 0 saturated heterocycles. The number of hydrogen-bond acceptors (Lipinski definition) is 0. The molecule has 10 aromatic carbocycles. The van der Waals surface area contributed by atoms with Crippen molar-refractivity contribution in [2.75, 3.05) is 0 Å². The van der Waals surface area contributed by atoms with Crippen molar-refractivity contribution >= 4 is 56.9 Å². The molecular formula is C70H59SiZr. The molecule has 0 amide bonds. The summed E-state index contributed by atoms with van der Waals surface area (Å²) in [5, 5.41) is 8.45. The van der Waals surface area contributed by atoms with E-state index in [1.165, 1.54) is 99.4 Å². The van der Waals surface area contributed by atoms with Crippen LogP contribution in [0.25, 0.3) is 89.3 Å². The third-order valence-corrected chi connectivity index (χ3v) is 28.0. The molecule has 0 nitrogen and oxygen atoms in total. The van der Waals surface area contributed by atoms with Crippen LogP contribution in [0.3, 0.4) is 0 Å². The second-order valence-electron chi connectivity index (χ2n) is 22.4. The summed E-state index contributed by atoms with van der Waals surface area (Å²) in [7, 11) is -0.733. The first kappa shape index (κ1) is 45.2. The molecule has 0 radical (unpaired) electrons. The second kappa shape index (κ2) is 17.5. The van der Waals surface area contributed by atoms with Crippen LogP contribution in [0.15, 0.2) is 223 Å². The van der Waals surface area contributed by atoms with Crippen molar-refractivity contribution in [3.05, 3.63) is 246 Å². The molecule has 0 fully saturated rings. The summed E-state index contributed by atoms with van der Waals surface area (Å²) in [4.78, 5) is 0. The Morgan fingerprint density at radius 1 is 0.333 bits per heavy atom. The maximum atomic E-state index is 2.69. The minimum atomic E-state index is -3.18. The normalized spacial score (nSPS) is 16.1. The van der Waals surface area contributed by atoms with E-state index in [0.29, 0.717) is 7.25 Å². The van der Waals surface area contributed by atoms with E-state index >= 15 is 0 Å². The number of benzene rings is 10. The van der Waals surface area contributed by atoms with Crippen molar-refractivity contribution in [2.24, 2.45) is 10.8 Å². The summed E-state index contributed by atoms with van der Waals surface area (Å²) >= 11 is -3.18. The standard InChI is InChI=1S/2C29H25.C12H9Si.Zr/c2*1-29(2,3)22-18-21-12-9-17-27(28(21)19-22)26-15-7-6-14-25(26)24-16-8-11-20-10-4-5-13-23(20)24;1-3-7-11-9(5-1)10-6-2-4-8-12(10)13-11;/h2*4-19H,1-3H3;1-7H,13H2;. The van der Waals surface area contributed by atoms with Crippen molar-refractivity contribution in [3.8, 4) is 55.6 Å². The molecule has 13 rings (SSSR count). The molecule has 2 heteroatoms. The number of hydrogen-bond donors (Lipinski definition) is 0. The quantitative estimate of drug-likeness (QED) is 0.140. The first-order valence-corrected chi connectivity index (χ1v) is 31.4. The van der Waals surface area contributed by atoms with E-state index in [2.05, 4.69) is 266 Å². The van der Waals surface area contributed by atoms with Crippen molar-refractivity contribution in [3.63, 3.8) is 0 Å². The van der Waals surface area contributed by atoms with Gasteiger partial charge >= 0.3 is 440 Å². The van der Waals surface area contributed by atoms with E-state index in [1.54, 1.807) is 24.8 Å². The van der Waals surface area contributed by atoms with Gasteiger partial charge in [-0.25, -0.2) is 0 Å². The van der Waals surface area contributed by atoms with Gasteiger partial charge in [0.05, 0.1) is 0 Å². The molecule has 72 heavy (non-hydrogen) atoms. The van der Waals surface area contributed by atoms with E-state index in [9.17, 15) is 0 Å². The fraction of sp³-hybridized carbons (Fsp3) is 0.143. The van der Waals surface area contributed by atoms with E-state index in [0.717, 1.165) is 0 Å². The molecule has 0 aromatic heterocycles. The molecular weight excluding hydrogens is 960 g/mol. The molecule has 347 valence electrons. The van der Waals surface area contributed by atoms with Gasteiger partial charge in [0, 0.05) is 0 Å². The van der Waals surface area contributed by atoms with Gasteiger partial charge in [0.15, 0.2) is 0 Å². The third kappa shape index (κ3) is 7.39. The van der Waals surface area contributed by atoms with Crippen molar-refractivity contribution in [1.82, 2.24) is 0 Å². The molecule has 1 heterocycles. The molecule has 1 aliphatic heterocycles. The van der Waals surface area contributed by atoms with Gasteiger partial charge in [0.1, 0.15) is 0 Å². The minimum absolute atomic E-state index is 0.0629. The Kier molecular flexibility index (Phi) is 11.0. The van der Waals surface area contributed by atoms with Gasteiger partial charge in [-0.1, -0.05) is 0 Å². The summed E-state index contributed by atoms with van der Waals surface area (Å²) in [6, 6.07) is 81.3. The number of fused-ring (bicyclic) bond motifs is 7. The summed E-state index contributed by atoms with van der Waals surface area (Å²) in [5.74, 6) is 0. The molecule has 2 atom stereocenters. The summed E-state index contributed by atoms with van der Waals surface area (Å²) < 4.78 is 2.39. The topological polar surface area (TPSA) is 0 Å². The molecule has 0 spiro atoms.